The number of benzene rings is 1. The van der Waals surface area contributed by atoms with Gasteiger partial charge in [0.15, 0.2) is 0 Å². The van der Waals surface area contributed by atoms with Crippen molar-refractivity contribution in [2.24, 2.45) is 0 Å². The molecule has 1 aromatic carbocycles. The summed E-state index contributed by atoms with van der Waals surface area (Å²) < 4.78 is 0. The molecule has 0 saturated carbocycles. The Hall–Kier alpha value is -2.49. The molecule has 0 aliphatic heterocycles. The summed E-state index contributed by atoms with van der Waals surface area (Å²) in [5.41, 5.74) is 4.19. The van der Waals surface area contributed by atoms with Crippen molar-refractivity contribution in [1.29, 1.82) is 0 Å². The number of aromatic amines is 1. The molecule has 0 amide bonds. The lowest BCUT2D eigenvalue weighted by Crippen LogP contribution is -2.08. The van der Waals surface area contributed by atoms with E-state index in [4.69, 9.17) is 0 Å². The molecule has 4 heteroatoms. The number of fused-ring (bicyclic) bond motifs is 1. The van der Waals surface area contributed by atoms with E-state index in [0.717, 1.165) is 22.4 Å². The van der Waals surface area contributed by atoms with Crippen LogP contribution in [0.15, 0.2) is 48.8 Å². The van der Waals surface area contributed by atoms with Gasteiger partial charge in [0.1, 0.15) is 5.65 Å². The van der Waals surface area contributed by atoms with Crippen LogP contribution in [-0.4, -0.2) is 24.1 Å². The van der Waals surface area contributed by atoms with Crippen molar-refractivity contribution >= 4 is 28.1 Å². The maximum Gasteiger partial charge on any atom is 0.139 e. The summed E-state index contributed by atoms with van der Waals surface area (Å²) in [6.07, 6.45) is 3.70. The van der Waals surface area contributed by atoms with Gasteiger partial charge in [-0.2, -0.15) is 0 Å². The zero-order valence-electron chi connectivity index (χ0n) is 11.0. The highest BCUT2D eigenvalue weighted by Crippen LogP contribution is 2.26. The quantitative estimate of drug-likeness (QED) is 0.751. The van der Waals surface area contributed by atoms with E-state index < -0.39 is 0 Å². The van der Waals surface area contributed by atoms with E-state index in [9.17, 15) is 0 Å². The number of H-pyrrole nitrogens is 1. The average molecular weight is 252 g/mol. The monoisotopic (exact) mass is 252 g/mol. The van der Waals surface area contributed by atoms with Gasteiger partial charge < -0.3 is 15.2 Å². The van der Waals surface area contributed by atoms with Crippen molar-refractivity contribution in [3.05, 3.63) is 48.8 Å². The number of pyridine rings is 1. The smallest absolute Gasteiger partial charge is 0.139 e. The van der Waals surface area contributed by atoms with Crippen LogP contribution >= 0.6 is 0 Å². The third-order valence-electron chi connectivity index (χ3n) is 3.10. The molecule has 4 nitrogen and oxygen atoms in total. The SMILES string of the molecule is CN(C)c1cccc(Nc2ccnc3[nH]ccc23)c1. The van der Waals surface area contributed by atoms with Crippen molar-refractivity contribution < 1.29 is 0 Å². The fraction of sp³-hybridized carbons (Fsp3) is 0.133. The predicted molar refractivity (Wildman–Crippen MR) is 80.1 cm³/mol. The Morgan fingerprint density at radius 3 is 2.89 bits per heavy atom. The Morgan fingerprint density at radius 1 is 1.16 bits per heavy atom. The molecule has 0 fully saturated rings. The van der Waals surface area contributed by atoms with E-state index in [1.165, 1.54) is 5.69 Å². The maximum atomic E-state index is 4.29. The molecule has 0 atom stereocenters. The summed E-state index contributed by atoms with van der Waals surface area (Å²) >= 11 is 0. The highest BCUT2D eigenvalue weighted by molar-refractivity contribution is 5.91. The fourth-order valence-electron chi connectivity index (χ4n) is 2.09. The standard InChI is InChI=1S/C15H16N4/c1-19(2)12-5-3-4-11(10-12)18-14-7-9-17-15-13(14)6-8-16-15/h3-10H,1-2H3,(H2,16,17,18). The maximum absolute atomic E-state index is 4.29. The highest BCUT2D eigenvalue weighted by atomic mass is 15.1. The number of hydrogen-bond donors (Lipinski definition) is 2. The Labute approximate surface area is 112 Å². The lowest BCUT2D eigenvalue weighted by Gasteiger charge is -2.14. The lowest BCUT2D eigenvalue weighted by molar-refractivity contribution is 1.13. The first-order valence-corrected chi connectivity index (χ1v) is 6.20. The lowest BCUT2D eigenvalue weighted by atomic mass is 10.2. The molecular weight excluding hydrogens is 236 g/mol. The fourth-order valence-corrected chi connectivity index (χ4v) is 2.09. The van der Waals surface area contributed by atoms with E-state index in [1.54, 1.807) is 6.20 Å². The van der Waals surface area contributed by atoms with Crippen molar-refractivity contribution in [1.82, 2.24) is 9.97 Å². The zero-order chi connectivity index (χ0) is 13.2. The van der Waals surface area contributed by atoms with Crippen LogP contribution in [0.5, 0.6) is 0 Å². The van der Waals surface area contributed by atoms with Gasteiger partial charge >= 0.3 is 0 Å². The molecule has 0 aliphatic carbocycles. The van der Waals surface area contributed by atoms with Gasteiger partial charge in [0.05, 0.1) is 5.69 Å². The van der Waals surface area contributed by atoms with E-state index in [2.05, 4.69) is 38.4 Å². The minimum absolute atomic E-state index is 0.897. The van der Waals surface area contributed by atoms with Crippen molar-refractivity contribution in [2.45, 2.75) is 0 Å². The topological polar surface area (TPSA) is 44.0 Å². The molecule has 0 unspecified atom stereocenters. The molecule has 0 aliphatic rings. The van der Waals surface area contributed by atoms with Crippen molar-refractivity contribution in [2.75, 3.05) is 24.3 Å². The first-order valence-electron chi connectivity index (χ1n) is 6.20. The van der Waals surface area contributed by atoms with Gasteiger partial charge in [-0.1, -0.05) is 6.07 Å². The number of anilines is 3. The van der Waals surface area contributed by atoms with Crippen LogP contribution in [0.3, 0.4) is 0 Å². The van der Waals surface area contributed by atoms with Gasteiger partial charge in [-0.25, -0.2) is 4.98 Å². The Balaban J connectivity index is 1.97. The van der Waals surface area contributed by atoms with Gasteiger partial charge in [0.2, 0.25) is 0 Å². The molecule has 0 saturated heterocycles. The van der Waals surface area contributed by atoms with Crippen molar-refractivity contribution in [3.63, 3.8) is 0 Å². The molecule has 2 aromatic heterocycles. The molecule has 3 aromatic rings. The molecule has 0 radical (unpaired) electrons. The van der Waals surface area contributed by atoms with Crippen molar-refractivity contribution in [3.8, 4) is 0 Å². The van der Waals surface area contributed by atoms with E-state index in [-0.39, 0.29) is 0 Å². The molecule has 2 N–H and O–H groups in total. The van der Waals surface area contributed by atoms with Crippen LogP contribution in [0.2, 0.25) is 0 Å². The minimum atomic E-state index is 0.897. The summed E-state index contributed by atoms with van der Waals surface area (Å²) in [7, 11) is 4.08. The Bertz CT molecular complexity index is 700. The van der Waals surface area contributed by atoms with Crippen LogP contribution in [0.1, 0.15) is 0 Å². The van der Waals surface area contributed by atoms with Gasteiger partial charge in [0, 0.05) is 43.3 Å². The Morgan fingerprint density at radius 2 is 2.05 bits per heavy atom. The Kier molecular flexibility index (Phi) is 2.83. The van der Waals surface area contributed by atoms with Gasteiger partial charge in [-0.3, -0.25) is 0 Å². The first-order chi connectivity index (χ1) is 9.24. The highest BCUT2D eigenvalue weighted by Gasteiger charge is 2.03. The summed E-state index contributed by atoms with van der Waals surface area (Å²) in [5.74, 6) is 0. The van der Waals surface area contributed by atoms with Crippen LogP contribution in [0, 0.1) is 0 Å². The minimum Gasteiger partial charge on any atom is -0.378 e. The molecular formula is C15H16N4. The van der Waals surface area contributed by atoms with E-state index in [0.29, 0.717) is 0 Å². The zero-order valence-corrected chi connectivity index (χ0v) is 11.0. The van der Waals surface area contributed by atoms with Crippen LogP contribution in [0.25, 0.3) is 11.0 Å². The number of nitrogens with zero attached hydrogens (tertiary/aromatic N) is 2. The van der Waals surface area contributed by atoms with E-state index >= 15 is 0 Å². The predicted octanol–water partition coefficient (Wildman–Crippen LogP) is 3.37. The second-order valence-corrected chi connectivity index (χ2v) is 4.67. The van der Waals surface area contributed by atoms with Gasteiger partial charge in [-0.05, 0) is 30.3 Å². The third kappa shape index (κ3) is 2.25. The second-order valence-electron chi connectivity index (χ2n) is 4.67. The molecule has 3 rings (SSSR count). The third-order valence-corrected chi connectivity index (χ3v) is 3.10. The molecule has 96 valence electrons. The average Bonchev–Trinajstić information content (AvgIpc) is 2.88. The first kappa shape index (κ1) is 11.6. The molecule has 0 bridgehead atoms. The summed E-state index contributed by atoms with van der Waals surface area (Å²) in [4.78, 5) is 9.49. The number of nitrogens with one attached hydrogen (secondary N) is 2. The molecule has 0 spiro atoms. The molecule has 19 heavy (non-hydrogen) atoms. The normalized spacial score (nSPS) is 10.6. The largest absolute Gasteiger partial charge is 0.378 e. The molecule has 2 heterocycles. The van der Waals surface area contributed by atoms with Gasteiger partial charge in [0.25, 0.3) is 0 Å². The summed E-state index contributed by atoms with van der Waals surface area (Å²) in [5, 5.41) is 4.54. The van der Waals surface area contributed by atoms with Crippen LogP contribution < -0.4 is 10.2 Å². The number of aromatic nitrogens is 2. The van der Waals surface area contributed by atoms with E-state index in [1.807, 2.05) is 38.5 Å². The summed E-state index contributed by atoms with van der Waals surface area (Å²) in [6.45, 7) is 0. The number of hydrogen-bond acceptors (Lipinski definition) is 3. The van der Waals surface area contributed by atoms with Gasteiger partial charge in [-0.15, -0.1) is 0 Å². The summed E-state index contributed by atoms with van der Waals surface area (Å²) in [6, 6.07) is 12.3. The van der Waals surface area contributed by atoms with Crippen LogP contribution in [-0.2, 0) is 0 Å². The number of rotatable bonds is 3. The van der Waals surface area contributed by atoms with Crippen LogP contribution in [0.4, 0.5) is 17.1 Å². The second kappa shape index (κ2) is 4.65.